The Kier molecular flexibility index (Phi) is 5.86. The lowest BCUT2D eigenvalue weighted by Gasteiger charge is -2.28. The second-order valence-electron chi connectivity index (χ2n) is 3.47. The topological polar surface area (TPSA) is 49.5 Å². The van der Waals surface area contributed by atoms with Gasteiger partial charge >= 0.3 is 0 Å². The smallest absolute Gasteiger partial charge is 0.0564 e. The summed E-state index contributed by atoms with van der Waals surface area (Å²) >= 11 is 1.75. The highest BCUT2D eigenvalue weighted by molar-refractivity contribution is 7.10. The highest BCUT2D eigenvalue weighted by Gasteiger charge is 2.17. The van der Waals surface area contributed by atoms with E-state index in [0.29, 0.717) is 12.6 Å². The second-order valence-corrected chi connectivity index (χ2v) is 4.45. The first-order valence-electron chi connectivity index (χ1n) is 5.41. The summed E-state index contributed by atoms with van der Waals surface area (Å²) in [6.07, 6.45) is 0.815. The third kappa shape index (κ3) is 3.57. The summed E-state index contributed by atoms with van der Waals surface area (Å²) in [5.74, 6) is 0. The van der Waals surface area contributed by atoms with Crippen molar-refractivity contribution in [1.29, 1.82) is 0 Å². The normalized spacial score (nSPS) is 13.3. The molecule has 1 aromatic heterocycles. The number of aliphatic hydroxyl groups is 1. The maximum Gasteiger partial charge on any atom is 0.0564 e. The summed E-state index contributed by atoms with van der Waals surface area (Å²) in [4.78, 5) is 3.64. The largest absolute Gasteiger partial charge is 0.396 e. The van der Waals surface area contributed by atoms with Gasteiger partial charge in [-0.25, -0.2) is 0 Å². The van der Waals surface area contributed by atoms with Crippen LogP contribution < -0.4 is 5.73 Å². The molecule has 86 valence electrons. The number of nitrogens with two attached hydrogens (primary N) is 1. The van der Waals surface area contributed by atoms with E-state index in [4.69, 9.17) is 10.8 Å². The molecule has 0 aliphatic heterocycles. The van der Waals surface area contributed by atoms with E-state index in [1.54, 1.807) is 11.3 Å². The number of rotatable bonds is 7. The molecule has 0 saturated carbocycles. The Balaban J connectivity index is 2.62. The van der Waals surface area contributed by atoms with Gasteiger partial charge in [-0.2, -0.15) is 0 Å². The maximum atomic E-state index is 8.84. The molecule has 3 N–H and O–H groups in total. The van der Waals surface area contributed by atoms with Gasteiger partial charge in [-0.3, -0.25) is 4.90 Å². The Labute approximate surface area is 95.5 Å². The van der Waals surface area contributed by atoms with Crippen molar-refractivity contribution in [2.45, 2.75) is 19.4 Å². The molecule has 1 aromatic rings. The minimum absolute atomic E-state index is 0.248. The molecule has 4 heteroatoms. The van der Waals surface area contributed by atoms with Crippen LogP contribution in [0.2, 0.25) is 0 Å². The van der Waals surface area contributed by atoms with Crippen molar-refractivity contribution in [2.24, 2.45) is 5.73 Å². The first kappa shape index (κ1) is 12.6. The molecule has 0 bridgehead atoms. The molecule has 1 rings (SSSR count). The van der Waals surface area contributed by atoms with Gasteiger partial charge < -0.3 is 10.8 Å². The van der Waals surface area contributed by atoms with Crippen LogP contribution in [0.3, 0.4) is 0 Å². The first-order valence-corrected chi connectivity index (χ1v) is 6.29. The van der Waals surface area contributed by atoms with Crippen molar-refractivity contribution in [2.75, 3.05) is 26.2 Å². The maximum absolute atomic E-state index is 8.84. The number of likely N-dealkylation sites (N-methyl/N-ethyl adjacent to an activating group) is 1. The Hall–Kier alpha value is -0.420. The molecule has 0 aromatic carbocycles. The third-order valence-corrected chi connectivity index (χ3v) is 3.52. The highest BCUT2D eigenvalue weighted by Crippen LogP contribution is 2.23. The molecule has 0 aliphatic rings. The fourth-order valence-corrected chi connectivity index (χ4v) is 2.61. The lowest BCUT2D eigenvalue weighted by Crippen LogP contribution is -2.34. The summed E-state index contributed by atoms with van der Waals surface area (Å²) < 4.78 is 0. The average Bonchev–Trinajstić information content (AvgIpc) is 2.77. The predicted molar refractivity (Wildman–Crippen MR) is 65.1 cm³/mol. The van der Waals surface area contributed by atoms with Crippen molar-refractivity contribution in [1.82, 2.24) is 4.90 Å². The molecule has 0 aliphatic carbocycles. The molecular formula is C11H20N2OS. The van der Waals surface area contributed by atoms with Crippen molar-refractivity contribution in [3.63, 3.8) is 0 Å². The van der Waals surface area contributed by atoms with Gasteiger partial charge in [0.1, 0.15) is 0 Å². The number of hydrogen-bond donors (Lipinski definition) is 2. The van der Waals surface area contributed by atoms with Crippen molar-refractivity contribution < 1.29 is 5.11 Å². The van der Waals surface area contributed by atoms with E-state index in [0.717, 1.165) is 19.5 Å². The predicted octanol–water partition coefficient (Wildman–Crippen LogP) is 1.45. The van der Waals surface area contributed by atoms with E-state index < -0.39 is 0 Å². The van der Waals surface area contributed by atoms with Crippen molar-refractivity contribution >= 4 is 11.3 Å². The van der Waals surface area contributed by atoms with Gasteiger partial charge in [-0.05, 0) is 24.4 Å². The number of thiophene rings is 1. The lowest BCUT2D eigenvalue weighted by atomic mass is 10.2. The second kappa shape index (κ2) is 6.95. The Morgan fingerprint density at radius 1 is 1.60 bits per heavy atom. The number of aliphatic hydroxyl groups excluding tert-OH is 1. The zero-order valence-electron chi connectivity index (χ0n) is 9.22. The average molecular weight is 228 g/mol. The fourth-order valence-electron chi connectivity index (χ4n) is 1.73. The first-order chi connectivity index (χ1) is 7.33. The molecule has 0 radical (unpaired) electrons. The standard InChI is InChI=1S/C11H20N2OS/c1-2-13(6-4-7-14)10(9-12)11-5-3-8-15-11/h3,5,8,10,14H,2,4,6-7,9,12H2,1H3. The van der Waals surface area contributed by atoms with Crippen LogP contribution in [-0.4, -0.2) is 36.2 Å². The zero-order chi connectivity index (χ0) is 11.1. The van der Waals surface area contributed by atoms with E-state index in [9.17, 15) is 0 Å². The molecule has 0 amide bonds. The monoisotopic (exact) mass is 228 g/mol. The van der Waals surface area contributed by atoms with E-state index in [1.807, 2.05) is 0 Å². The van der Waals surface area contributed by atoms with Gasteiger partial charge in [0.25, 0.3) is 0 Å². The molecule has 0 fully saturated rings. The number of hydrogen-bond acceptors (Lipinski definition) is 4. The Morgan fingerprint density at radius 3 is 2.87 bits per heavy atom. The molecule has 15 heavy (non-hydrogen) atoms. The summed E-state index contributed by atoms with van der Waals surface area (Å²) in [7, 11) is 0. The summed E-state index contributed by atoms with van der Waals surface area (Å²) in [6.45, 7) is 4.90. The number of nitrogens with zero attached hydrogens (tertiary/aromatic N) is 1. The van der Waals surface area contributed by atoms with E-state index in [-0.39, 0.29) is 6.61 Å². The summed E-state index contributed by atoms with van der Waals surface area (Å²) in [5.41, 5.74) is 5.81. The van der Waals surface area contributed by atoms with Crippen LogP contribution in [0.4, 0.5) is 0 Å². The van der Waals surface area contributed by atoms with Gasteiger partial charge in [-0.15, -0.1) is 11.3 Å². The van der Waals surface area contributed by atoms with Crippen LogP contribution in [0.1, 0.15) is 24.3 Å². The van der Waals surface area contributed by atoms with Crippen LogP contribution in [0.5, 0.6) is 0 Å². The van der Waals surface area contributed by atoms with Crippen LogP contribution in [-0.2, 0) is 0 Å². The molecule has 3 nitrogen and oxygen atoms in total. The van der Waals surface area contributed by atoms with E-state index in [1.165, 1.54) is 4.88 Å². The fraction of sp³-hybridized carbons (Fsp3) is 0.636. The van der Waals surface area contributed by atoms with Gasteiger partial charge in [-0.1, -0.05) is 13.0 Å². The van der Waals surface area contributed by atoms with Crippen LogP contribution >= 0.6 is 11.3 Å². The van der Waals surface area contributed by atoms with Gasteiger partial charge in [0.05, 0.1) is 6.04 Å². The lowest BCUT2D eigenvalue weighted by molar-refractivity contribution is 0.187. The quantitative estimate of drug-likeness (QED) is 0.742. The molecule has 0 saturated heterocycles. The van der Waals surface area contributed by atoms with Gasteiger partial charge in [0, 0.05) is 24.6 Å². The minimum Gasteiger partial charge on any atom is -0.396 e. The van der Waals surface area contributed by atoms with Crippen molar-refractivity contribution in [3.8, 4) is 0 Å². The Bertz CT molecular complexity index is 251. The molecule has 1 atom stereocenters. The SMILES string of the molecule is CCN(CCCO)C(CN)c1cccs1. The molecular weight excluding hydrogens is 208 g/mol. The van der Waals surface area contributed by atoms with Crippen LogP contribution in [0.25, 0.3) is 0 Å². The zero-order valence-corrected chi connectivity index (χ0v) is 10.0. The van der Waals surface area contributed by atoms with Gasteiger partial charge in [0.15, 0.2) is 0 Å². The molecule has 1 heterocycles. The van der Waals surface area contributed by atoms with E-state index >= 15 is 0 Å². The van der Waals surface area contributed by atoms with Crippen LogP contribution in [0, 0.1) is 0 Å². The summed E-state index contributed by atoms with van der Waals surface area (Å²) in [5, 5.41) is 10.9. The molecule has 0 spiro atoms. The summed E-state index contributed by atoms with van der Waals surface area (Å²) in [6, 6.07) is 4.49. The van der Waals surface area contributed by atoms with Crippen LogP contribution in [0.15, 0.2) is 17.5 Å². The molecule has 1 unspecified atom stereocenters. The third-order valence-electron chi connectivity index (χ3n) is 2.55. The van der Waals surface area contributed by atoms with Gasteiger partial charge in [0.2, 0.25) is 0 Å². The Morgan fingerprint density at radius 2 is 2.40 bits per heavy atom. The van der Waals surface area contributed by atoms with Crippen molar-refractivity contribution in [3.05, 3.63) is 22.4 Å². The minimum atomic E-state index is 0.248. The van der Waals surface area contributed by atoms with E-state index in [2.05, 4.69) is 29.3 Å². The highest BCUT2D eigenvalue weighted by atomic mass is 32.1.